The van der Waals surface area contributed by atoms with Crippen molar-refractivity contribution in [2.45, 2.75) is 32.2 Å². The summed E-state index contributed by atoms with van der Waals surface area (Å²) in [5.74, 6) is 0.951. The second kappa shape index (κ2) is 6.91. The zero-order valence-electron chi connectivity index (χ0n) is 11.7. The SMILES string of the molecule is CCCNCC(c1ccccc1)N(C)CC1CC1. The number of benzene rings is 1. The van der Waals surface area contributed by atoms with Gasteiger partial charge in [0.2, 0.25) is 0 Å². The molecule has 1 N–H and O–H groups in total. The molecule has 1 aliphatic carbocycles. The molecule has 100 valence electrons. The van der Waals surface area contributed by atoms with Crippen molar-refractivity contribution in [2.75, 3.05) is 26.7 Å². The van der Waals surface area contributed by atoms with Gasteiger partial charge in [-0.25, -0.2) is 0 Å². The van der Waals surface area contributed by atoms with Gasteiger partial charge >= 0.3 is 0 Å². The van der Waals surface area contributed by atoms with Crippen LogP contribution >= 0.6 is 0 Å². The molecule has 2 heteroatoms. The van der Waals surface area contributed by atoms with Crippen molar-refractivity contribution in [3.8, 4) is 0 Å². The predicted octanol–water partition coefficient (Wildman–Crippen LogP) is 3.07. The van der Waals surface area contributed by atoms with Crippen LogP contribution in [0.3, 0.4) is 0 Å². The smallest absolute Gasteiger partial charge is 0.0469 e. The highest BCUT2D eigenvalue weighted by Crippen LogP contribution is 2.31. The number of nitrogens with one attached hydrogen (secondary N) is 1. The molecule has 18 heavy (non-hydrogen) atoms. The Balaban J connectivity index is 1.96. The minimum atomic E-state index is 0.512. The quantitative estimate of drug-likeness (QED) is 0.709. The van der Waals surface area contributed by atoms with Gasteiger partial charge in [-0.1, -0.05) is 37.3 Å². The second-order valence-corrected chi connectivity index (χ2v) is 5.51. The van der Waals surface area contributed by atoms with Gasteiger partial charge in [0.1, 0.15) is 0 Å². The van der Waals surface area contributed by atoms with E-state index in [4.69, 9.17) is 0 Å². The van der Waals surface area contributed by atoms with Gasteiger partial charge in [0, 0.05) is 19.1 Å². The molecule has 0 bridgehead atoms. The molecule has 1 aliphatic rings. The lowest BCUT2D eigenvalue weighted by molar-refractivity contribution is 0.229. The molecule has 1 fully saturated rings. The number of likely N-dealkylation sites (N-methyl/N-ethyl adjacent to an activating group) is 1. The molecule has 0 aromatic heterocycles. The Kier molecular flexibility index (Phi) is 5.21. The topological polar surface area (TPSA) is 15.3 Å². The summed E-state index contributed by atoms with van der Waals surface area (Å²) in [6.07, 6.45) is 4.05. The van der Waals surface area contributed by atoms with Gasteiger partial charge in [0.25, 0.3) is 0 Å². The van der Waals surface area contributed by atoms with E-state index in [2.05, 4.69) is 54.5 Å². The Labute approximate surface area is 111 Å². The predicted molar refractivity (Wildman–Crippen MR) is 77.7 cm³/mol. The first-order chi connectivity index (χ1) is 8.81. The van der Waals surface area contributed by atoms with Crippen LogP contribution in [0.4, 0.5) is 0 Å². The molecule has 2 rings (SSSR count). The first-order valence-corrected chi connectivity index (χ1v) is 7.27. The first-order valence-electron chi connectivity index (χ1n) is 7.27. The number of nitrogens with zero attached hydrogens (tertiary/aromatic N) is 1. The van der Waals surface area contributed by atoms with E-state index in [0.29, 0.717) is 6.04 Å². The molecule has 0 spiro atoms. The Bertz CT molecular complexity index is 332. The van der Waals surface area contributed by atoms with Crippen LogP contribution in [0.25, 0.3) is 0 Å². The molecule has 1 aromatic rings. The summed E-state index contributed by atoms with van der Waals surface area (Å²) >= 11 is 0. The fourth-order valence-electron chi connectivity index (χ4n) is 2.45. The van der Waals surface area contributed by atoms with Gasteiger partial charge in [0.05, 0.1) is 0 Å². The molecule has 2 nitrogen and oxygen atoms in total. The average molecular weight is 246 g/mol. The standard InChI is InChI=1S/C16H26N2/c1-3-11-17-12-16(15-7-5-4-6-8-15)18(2)13-14-9-10-14/h4-8,14,16-17H,3,9-13H2,1-2H3. The molecule has 1 saturated carbocycles. The highest BCUT2D eigenvalue weighted by Gasteiger charge is 2.26. The van der Waals surface area contributed by atoms with E-state index < -0.39 is 0 Å². The maximum atomic E-state index is 3.57. The van der Waals surface area contributed by atoms with Crippen LogP contribution in [0.5, 0.6) is 0 Å². The number of rotatable bonds is 8. The summed E-state index contributed by atoms with van der Waals surface area (Å²) in [7, 11) is 2.27. The molecule has 0 radical (unpaired) electrons. The van der Waals surface area contributed by atoms with Gasteiger partial charge < -0.3 is 5.32 Å². The first kappa shape index (κ1) is 13.6. The van der Waals surface area contributed by atoms with Crippen molar-refractivity contribution in [1.82, 2.24) is 10.2 Å². The molecule has 0 heterocycles. The molecule has 0 saturated heterocycles. The van der Waals surface area contributed by atoms with E-state index in [9.17, 15) is 0 Å². The van der Waals surface area contributed by atoms with E-state index >= 15 is 0 Å². The van der Waals surface area contributed by atoms with E-state index in [0.717, 1.165) is 19.0 Å². The molecule has 1 unspecified atom stereocenters. The Morgan fingerprint density at radius 1 is 1.28 bits per heavy atom. The zero-order chi connectivity index (χ0) is 12.8. The van der Waals surface area contributed by atoms with E-state index in [1.807, 2.05) is 0 Å². The van der Waals surface area contributed by atoms with Gasteiger partial charge in [-0.15, -0.1) is 0 Å². The fourth-order valence-corrected chi connectivity index (χ4v) is 2.45. The maximum absolute atomic E-state index is 3.57. The van der Waals surface area contributed by atoms with Crippen LogP contribution in [-0.4, -0.2) is 31.6 Å². The van der Waals surface area contributed by atoms with Crippen LogP contribution in [0.1, 0.15) is 37.8 Å². The Morgan fingerprint density at radius 2 is 2.00 bits per heavy atom. The van der Waals surface area contributed by atoms with Gasteiger partial charge in [-0.2, -0.15) is 0 Å². The summed E-state index contributed by atoms with van der Waals surface area (Å²) < 4.78 is 0. The zero-order valence-corrected chi connectivity index (χ0v) is 11.7. The molecular weight excluding hydrogens is 220 g/mol. The third kappa shape index (κ3) is 4.11. The fraction of sp³-hybridized carbons (Fsp3) is 0.625. The van der Waals surface area contributed by atoms with Crippen molar-refractivity contribution in [2.24, 2.45) is 5.92 Å². The molecule has 0 amide bonds. The maximum Gasteiger partial charge on any atom is 0.0469 e. The van der Waals surface area contributed by atoms with Gasteiger partial charge in [0.15, 0.2) is 0 Å². The molecule has 0 aliphatic heterocycles. The van der Waals surface area contributed by atoms with Crippen molar-refractivity contribution in [3.05, 3.63) is 35.9 Å². The normalized spacial score (nSPS) is 17.1. The van der Waals surface area contributed by atoms with Crippen LogP contribution in [0.15, 0.2) is 30.3 Å². The summed E-state index contributed by atoms with van der Waals surface area (Å²) in [6, 6.07) is 11.4. The van der Waals surface area contributed by atoms with E-state index in [-0.39, 0.29) is 0 Å². The largest absolute Gasteiger partial charge is 0.315 e. The summed E-state index contributed by atoms with van der Waals surface area (Å²) in [5, 5.41) is 3.57. The molecule has 1 aromatic carbocycles. The highest BCUT2D eigenvalue weighted by molar-refractivity contribution is 5.19. The lowest BCUT2D eigenvalue weighted by Crippen LogP contribution is -2.34. The van der Waals surface area contributed by atoms with Crippen molar-refractivity contribution in [1.29, 1.82) is 0 Å². The molecule has 1 atom stereocenters. The van der Waals surface area contributed by atoms with Crippen molar-refractivity contribution >= 4 is 0 Å². The van der Waals surface area contributed by atoms with E-state index in [1.54, 1.807) is 0 Å². The van der Waals surface area contributed by atoms with Crippen LogP contribution < -0.4 is 5.32 Å². The third-order valence-corrected chi connectivity index (χ3v) is 3.72. The summed E-state index contributed by atoms with van der Waals surface area (Å²) in [4.78, 5) is 2.52. The van der Waals surface area contributed by atoms with Crippen LogP contribution in [-0.2, 0) is 0 Å². The average Bonchev–Trinajstić information content (AvgIpc) is 3.19. The van der Waals surface area contributed by atoms with Crippen LogP contribution in [0, 0.1) is 5.92 Å². The lowest BCUT2D eigenvalue weighted by Gasteiger charge is -2.29. The monoisotopic (exact) mass is 246 g/mol. The minimum absolute atomic E-state index is 0.512. The van der Waals surface area contributed by atoms with Gasteiger partial charge in [-0.05, 0) is 44.3 Å². The van der Waals surface area contributed by atoms with Crippen molar-refractivity contribution in [3.63, 3.8) is 0 Å². The van der Waals surface area contributed by atoms with Crippen molar-refractivity contribution < 1.29 is 0 Å². The van der Waals surface area contributed by atoms with E-state index in [1.165, 1.54) is 31.4 Å². The molecular formula is C16H26N2. The second-order valence-electron chi connectivity index (χ2n) is 5.51. The third-order valence-electron chi connectivity index (χ3n) is 3.72. The Hall–Kier alpha value is -0.860. The summed E-state index contributed by atoms with van der Waals surface area (Å²) in [5.41, 5.74) is 1.43. The highest BCUT2D eigenvalue weighted by atomic mass is 15.2. The lowest BCUT2D eigenvalue weighted by atomic mass is 10.1. The Morgan fingerprint density at radius 3 is 2.61 bits per heavy atom. The van der Waals surface area contributed by atoms with Crippen LogP contribution in [0.2, 0.25) is 0 Å². The number of hydrogen-bond donors (Lipinski definition) is 1. The summed E-state index contributed by atoms with van der Waals surface area (Å²) in [6.45, 7) is 5.63. The minimum Gasteiger partial charge on any atom is -0.315 e. The van der Waals surface area contributed by atoms with Gasteiger partial charge in [-0.3, -0.25) is 4.90 Å². The number of hydrogen-bond acceptors (Lipinski definition) is 2.